The molecule has 1 aromatic carbocycles. The summed E-state index contributed by atoms with van der Waals surface area (Å²) in [6.07, 6.45) is -5.15. The summed E-state index contributed by atoms with van der Waals surface area (Å²) in [7, 11) is -2.66. The number of hydrazine groups is 1. The molecule has 15 heteroatoms. The third-order valence-electron chi connectivity index (χ3n) is 3.31. The van der Waals surface area contributed by atoms with Crippen molar-refractivity contribution in [1.82, 2.24) is 20.5 Å². The minimum atomic E-state index is -5.15. The topological polar surface area (TPSA) is 126 Å². The van der Waals surface area contributed by atoms with Gasteiger partial charge in [0.05, 0.1) is 0 Å². The Morgan fingerprint density at radius 1 is 1.33 bits per heavy atom. The molecule has 27 heavy (non-hydrogen) atoms. The van der Waals surface area contributed by atoms with Crippen LogP contribution in [0.5, 0.6) is 5.75 Å². The fourth-order valence-corrected chi connectivity index (χ4v) is 3.19. The quantitative estimate of drug-likeness (QED) is 0.431. The molecule has 1 aliphatic heterocycles. The first kappa shape index (κ1) is 23.5. The van der Waals surface area contributed by atoms with E-state index in [0.29, 0.717) is 0 Å². The van der Waals surface area contributed by atoms with Crippen LogP contribution < -0.4 is 49.9 Å². The number of hydrogen-bond donors (Lipinski definition) is 3. The molecule has 146 valence electrons. The van der Waals surface area contributed by atoms with Crippen molar-refractivity contribution < 1.29 is 71.6 Å². The van der Waals surface area contributed by atoms with E-state index in [1.807, 2.05) is 5.43 Å². The van der Waals surface area contributed by atoms with Gasteiger partial charge in [-0.3, -0.25) is 15.1 Å². The smallest absolute Gasteiger partial charge is 1.00 e. The number of urea groups is 1. The molecule has 3 N–H and O–H groups in total. The molecular weight excluding hydrogens is 408 g/mol. The van der Waals surface area contributed by atoms with Crippen LogP contribution in [0.2, 0.25) is 0 Å². The predicted molar refractivity (Wildman–Crippen MR) is 78.7 cm³/mol. The van der Waals surface area contributed by atoms with Crippen LogP contribution >= 0.6 is 0 Å². The monoisotopic (exact) mass is 422 g/mol. The standard InChI is InChI=1S/C12H13F3N4O6S.Na.H/c1-19-10(21)16-18-11(19,24-2)9(20)17-26(22,23)8-6-4-3-5-7(8)25-12(13,14)15;;/h3-6,18H,1-2H3,(H,16,21)(H,17,20);;/q;+1;-1. The number of rotatable bonds is 5. The number of sulfonamides is 1. The van der Waals surface area contributed by atoms with Gasteiger partial charge < -0.3 is 10.9 Å². The molecule has 3 amide bonds. The van der Waals surface area contributed by atoms with Gasteiger partial charge in [-0.15, -0.1) is 13.2 Å². The number of methoxy groups -OCH3 is 1. The van der Waals surface area contributed by atoms with E-state index in [9.17, 15) is 31.2 Å². The van der Waals surface area contributed by atoms with Crippen molar-refractivity contribution in [1.29, 1.82) is 0 Å². The summed E-state index contributed by atoms with van der Waals surface area (Å²) in [5, 5.41) is 0. The number of ether oxygens (including phenoxy) is 2. The van der Waals surface area contributed by atoms with E-state index in [4.69, 9.17) is 4.74 Å². The predicted octanol–water partition coefficient (Wildman–Crippen LogP) is -3.03. The molecule has 10 nitrogen and oxygen atoms in total. The number of benzene rings is 1. The van der Waals surface area contributed by atoms with Crippen LogP contribution in [0.1, 0.15) is 1.43 Å². The second-order valence-corrected chi connectivity index (χ2v) is 6.54. The number of carbonyl (C=O) groups is 2. The van der Waals surface area contributed by atoms with E-state index in [2.05, 4.69) is 10.2 Å². The van der Waals surface area contributed by atoms with Crippen LogP contribution in [0.15, 0.2) is 29.2 Å². The Hall–Kier alpha value is -1.58. The molecule has 1 heterocycles. The number of likely N-dealkylation sites (N-methyl/N-ethyl adjacent to an activating group) is 1. The zero-order chi connectivity index (χ0) is 19.8. The van der Waals surface area contributed by atoms with Crippen molar-refractivity contribution in [2.75, 3.05) is 14.2 Å². The molecule has 0 radical (unpaired) electrons. The number of alkyl halides is 3. The number of para-hydroxylation sites is 1. The van der Waals surface area contributed by atoms with Crippen molar-refractivity contribution >= 4 is 22.0 Å². The zero-order valence-electron chi connectivity index (χ0n) is 15.2. The number of amides is 3. The fourth-order valence-electron chi connectivity index (χ4n) is 2.07. The van der Waals surface area contributed by atoms with E-state index in [1.165, 1.54) is 0 Å². The third kappa shape index (κ3) is 4.83. The Balaban J connectivity index is 0.00000364. The number of halogens is 3. The van der Waals surface area contributed by atoms with Crippen molar-refractivity contribution in [3.63, 3.8) is 0 Å². The molecule has 1 aromatic rings. The Kier molecular flexibility index (Phi) is 7.12. The SMILES string of the molecule is COC1(C(=O)NS(=O)(=O)c2ccccc2OC(F)(F)F)NNC(=O)N1C.[H-].[Na+]. The van der Waals surface area contributed by atoms with Gasteiger partial charge in [0.2, 0.25) is 0 Å². The van der Waals surface area contributed by atoms with E-state index in [0.717, 1.165) is 43.3 Å². The number of hydrogen-bond acceptors (Lipinski definition) is 7. The maximum absolute atomic E-state index is 12.4. The average Bonchev–Trinajstić information content (AvgIpc) is 2.82. The summed E-state index contributed by atoms with van der Waals surface area (Å²) in [6.45, 7) is 0. The molecule has 0 saturated carbocycles. The minimum absolute atomic E-state index is 0. The summed E-state index contributed by atoms with van der Waals surface area (Å²) in [6, 6.07) is 3.03. The molecule has 0 bridgehead atoms. The number of nitrogens with one attached hydrogen (secondary N) is 3. The molecule has 1 atom stereocenters. The number of nitrogens with zero attached hydrogens (tertiary/aromatic N) is 1. The molecule has 1 saturated heterocycles. The van der Waals surface area contributed by atoms with Crippen LogP contribution in [0.4, 0.5) is 18.0 Å². The van der Waals surface area contributed by atoms with Crippen molar-refractivity contribution in [2.45, 2.75) is 17.1 Å². The summed E-state index contributed by atoms with van der Waals surface area (Å²) in [5.41, 5.74) is 4.21. The van der Waals surface area contributed by atoms with Gasteiger partial charge in [0.25, 0.3) is 10.0 Å². The van der Waals surface area contributed by atoms with Gasteiger partial charge >= 0.3 is 53.7 Å². The van der Waals surface area contributed by atoms with Gasteiger partial charge in [-0.05, 0) is 12.1 Å². The second-order valence-electron chi connectivity index (χ2n) is 4.89. The van der Waals surface area contributed by atoms with E-state index < -0.39 is 44.8 Å². The van der Waals surface area contributed by atoms with Crippen LogP contribution in [-0.2, 0) is 19.6 Å². The van der Waals surface area contributed by atoms with Crippen LogP contribution in [0, 0.1) is 0 Å². The zero-order valence-corrected chi connectivity index (χ0v) is 17.1. The van der Waals surface area contributed by atoms with Crippen molar-refractivity contribution in [3.8, 4) is 5.75 Å². The fraction of sp³-hybridized carbons (Fsp3) is 0.333. The largest absolute Gasteiger partial charge is 1.00 e. The Bertz CT molecular complexity index is 843. The number of carbonyl (C=O) groups excluding carboxylic acids is 2. The molecule has 1 fully saturated rings. The van der Waals surface area contributed by atoms with Gasteiger partial charge in [0.15, 0.2) is 0 Å². The Labute approximate surface area is 175 Å². The molecule has 0 spiro atoms. The maximum Gasteiger partial charge on any atom is 1.00 e. The maximum atomic E-state index is 12.4. The van der Waals surface area contributed by atoms with Gasteiger partial charge in [0.1, 0.15) is 10.6 Å². The first-order chi connectivity index (χ1) is 11.9. The summed E-state index contributed by atoms with van der Waals surface area (Å²) >= 11 is 0. The van der Waals surface area contributed by atoms with Crippen molar-refractivity contribution in [2.24, 2.45) is 0 Å². The van der Waals surface area contributed by atoms with Gasteiger partial charge in [-0.25, -0.2) is 17.9 Å². The van der Waals surface area contributed by atoms with Crippen LogP contribution in [0.3, 0.4) is 0 Å². The molecular formula is C12H14F3N4NaO6S. The first-order valence-electron chi connectivity index (χ1n) is 6.71. The Morgan fingerprint density at radius 3 is 2.41 bits per heavy atom. The van der Waals surface area contributed by atoms with E-state index in [1.54, 1.807) is 4.72 Å². The molecule has 2 rings (SSSR count). The van der Waals surface area contributed by atoms with Crippen molar-refractivity contribution in [3.05, 3.63) is 24.3 Å². The minimum Gasteiger partial charge on any atom is -1.00 e. The van der Waals surface area contributed by atoms with Gasteiger partial charge in [0, 0.05) is 14.2 Å². The first-order valence-corrected chi connectivity index (χ1v) is 8.19. The molecule has 0 aliphatic carbocycles. The van der Waals surface area contributed by atoms with Gasteiger partial charge in [-0.1, -0.05) is 12.1 Å². The van der Waals surface area contributed by atoms with E-state index >= 15 is 0 Å². The summed E-state index contributed by atoms with van der Waals surface area (Å²) in [4.78, 5) is 23.6. The van der Waals surface area contributed by atoms with Crippen LogP contribution in [0.25, 0.3) is 0 Å². The molecule has 1 unspecified atom stereocenters. The summed E-state index contributed by atoms with van der Waals surface area (Å²) < 4.78 is 72.1. The second kappa shape index (κ2) is 8.20. The normalized spacial score (nSPS) is 19.9. The summed E-state index contributed by atoms with van der Waals surface area (Å²) in [5.74, 6) is -4.64. The Morgan fingerprint density at radius 2 is 1.93 bits per heavy atom. The van der Waals surface area contributed by atoms with Crippen LogP contribution in [-0.4, -0.2) is 51.6 Å². The molecule has 0 aromatic heterocycles. The molecule has 1 aliphatic rings. The third-order valence-corrected chi connectivity index (χ3v) is 4.68. The van der Waals surface area contributed by atoms with Gasteiger partial charge in [-0.2, -0.15) is 5.43 Å². The van der Waals surface area contributed by atoms with E-state index in [-0.39, 0.29) is 31.0 Å². The average molecular weight is 422 g/mol.